The molecule has 76 valence electrons. The molecule has 0 saturated carbocycles. The highest BCUT2D eigenvalue weighted by Gasteiger charge is 2.22. The molecule has 1 amide bonds. The van der Waals surface area contributed by atoms with Crippen LogP contribution in [0.25, 0.3) is 0 Å². The minimum absolute atomic E-state index is 0.0190. The van der Waals surface area contributed by atoms with Crippen LogP contribution in [0.15, 0.2) is 0 Å². The van der Waals surface area contributed by atoms with E-state index < -0.39 is 0 Å². The lowest BCUT2D eigenvalue weighted by Gasteiger charge is -2.09. The van der Waals surface area contributed by atoms with Crippen molar-refractivity contribution in [2.75, 3.05) is 19.8 Å². The van der Waals surface area contributed by atoms with Crippen LogP contribution in [0.4, 0.5) is 0 Å². The number of nitrogens with one attached hydrogen (secondary N) is 1. The van der Waals surface area contributed by atoms with Gasteiger partial charge in [0.2, 0.25) is 5.91 Å². The molecule has 1 unspecified atom stereocenters. The third kappa shape index (κ3) is 3.71. The first-order chi connectivity index (χ1) is 6.34. The molecule has 1 saturated heterocycles. The minimum Gasteiger partial charge on any atom is -0.368 e. The van der Waals surface area contributed by atoms with Gasteiger partial charge in [0.15, 0.2) is 0 Å². The van der Waals surface area contributed by atoms with Crippen molar-refractivity contribution in [1.82, 2.24) is 5.32 Å². The average Bonchev–Trinajstić information content (AvgIpc) is 2.65. The standard InChI is InChI=1S/C8H16N2O3/c9-13-6-2-4-10-8(11)7-3-1-5-12-7/h7H,1-6,9H2,(H,10,11). The molecule has 0 radical (unpaired) electrons. The van der Waals surface area contributed by atoms with Crippen LogP contribution in [0.3, 0.4) is 0 Å². The van der Waals surface area contributed by atoms with E-state index in [1.807, 2.05) is 0 Å². The Kier molecular flexibility index (Phi) is 4.74. The Morgan fingerprint density at radius 2 is 2.54 bits per heavy atom. The summed E-state index contributed by atoms with van der Waals surface area (Å²) >= 11 is 0. The molecule has 1 heterocycles. The van der Waals surface area contributed by atoms with E-state index in [2.05, 4.69) is 10.2 Å². The average molecular weight is 188 g/mol. The topological polar surface area (TPSA) is 73.6 Å². The van der Waals surface area contributed by atoms with Gasteiger partial charge in [-0.3, -0.25) is 4.79 Å². The van der Waals surface area contributed by atoms with Crippen molar-refractivity contribution in [2.24, 2.45) is 5.90 Å². The summed E-state index contributed by atoms with van der Waals surface area (Å²) in [6.45, 7) is 1.76. The molecule has 0 bridgehead atoms. The summed E-state index contributed by atoms with van der Waals surface area (Å²) in [4.78, 5) is 15.7. The second kappa shape index (κ2) is 5.90. The van der Waals surface area contributed by atoms with Gasteiger partial charge in [0, 0.05) is 13.2 Å². The van der Waals surface area contributed by atoms with Gasteiger partial charge in [-0.25, -0.2) is 5.90 Å². The molecule has 3 N–H and O–H groups in total. The summed E-state index contributed by atoms with van der Waals surface area (Å²) in [5, 5.41) is 2.76. The van der Waals surface area contributed by atoms with Crippen molar-refractivity contribution < 1.29 is 14.4 Å². The zero-order valence-electron chi connectivity index (χ0n) is 7.62. The SMILES string of the molecule is NOCCCNC(=O)C1CCCO1. The van der Waals surface area contributed by atoms with Crippen LogP contribution >= 0.6 is 0 Å². The van der Waals surface area contributed by atoms with Crippen molar-refractivity contribution in [2.45, 2.75) is 25.4 Å². The van der Waals surface area contributed by atoms with Crippen molar-refractivity contribution in [1.29, 1.82) is 0 Å². The zero-order chi connectivity index (χ0) is 9.52. The van der Waals surface area contributed by atoms with Crippen LogP contribution in [0.5, 0.6) is 0 Å². The van der Waals surface area contributed by atoms with Crippen molar-refractivity contribution >= 4 is 5.91 Å². The molecular formula is C8H16N2O3. The number of rotatable bonds is 5. The van der Waals surface area contributed by atoms with Gasteiger partial charge in [-0.2, -0.15) is 0 Å². The Morgan fingerprint density at radius 3 is 3.15 bits per heavy atom. The number of carbonyl (C=O) groups excluding carboxylic acids is 1. The second-order valence-electron chi connectivity index (χ2n) is 3.02. The lowest BCUT2D eigenvalue weighted by Crippen LogP contribution is -2.35. The van der Waals surface area contributed by atoms with Gasteiger partial charge in [0.05, 0.1) is 6.61 Å². The van der Waals surface area contributed by atoms with E-state index in [1.54, 1.807) is 0 Å². The number of hydrogen-bond acceptors (Lipinski definition) is 4. The summed E-state index contributed by atoms with van der Waals surface area (Å²) < 4.78 is 5.20. The van der Waals surface area contributed by atoms with Crippen LogP contribution in [0, 0.1) is 0 Å². The quantitative estimate of drug-likeness (QED) is 0.453. The number of carbonyl (C=O) groups is 1. The minimum atomic E-state index is -0.237. The first kappa shape index (κ1) is 10.4. The van der Waals surface area contributed by atoms with E-state index in [-0.39, 0.29) is 12.0 Å². The predicted octanol–water partition coefficient (Wildman–Crippen LogP) is -0.438. The number of hydrogen-bond donors (Lipinski definition) is 2. The summed E-state index contributed by atoms with van der Waals surface area (Å²) in [5.74, 6) is 4.81. The summed E-state index contributed by atoms with van der Waals surface area (Å²) in [5.41, 5.74) is 0. The molecule has 1 aliphatic heterocycles. The normalized spacial score (nSPS) is 21.8. The molecule has 5 heteroatoms. The summed E-state index contributed by atoms with van der Waals surface area (Å²) in [7, 11) is 0. The van der Waals surface area contributed by atoms with Crippen LogP contribution in [0.1, 0.15) is 19.3 Å². The molecule has 1 rings (SSSR count). The number of amides is 1. The van der Waals surface area contributed by atoms with E-state index in [1.165, 1.54) is 0 Å². The summed E-state index contributed by atoms with van der Waals surface area (Å²) in [6.07, 6.45) is 2.30. The molecular weight excluding hydrogens is 172 g/mol. The molecule has 0 aromatic rings. The molecule has 5 nitrogen and oxygen atoms in total. The molecule has 1 aliphatic rings. The third-order valence-corrected chi connectivity index (χ3v) is 1.96. The molecule has 1 fully saturated rings. The van der Waals surface area contributed by atoms with Crippen LogP contribution in [-0.2, 0) is 14.4 Å². The van der Waals surface area contributed by atoms with Crippen LogP contribution in [0.2, 0.25) is 0 Å². The Balaban J connectivity index is 2.03. The first-order valence-corrected chi connectivity index (χ1v) is 4.55. The Labute approximate surface area is 77.5 Å². The van der Waals surface area contributed by atoms with Gasteiger partial charge in [0.25, 0.3) is 0 Å². The fourth-order valence-electron chi connectivity index (χ4n) is 1.27. The van der Waals surface area contributed by atoms with Crippen molar-refractivity contribution in [3.05, 3.63) is 0 Å². The lowest BCUT2D eigenvalue weighted by molar-refractivity contribution is -0.130. The maximum Gasteiger partial charge on any atom is 0.249 e. The Bertz CT molecular complexity index is 157. The monoisotopic (exact) mass is 188 g/mol. The van der Waals surface area contributed by atoms with E-state index in [9.17, 15) is 4.79 Å². The first-order valence-electron chi connectivity index (χ1n) is 4.55. The van der Waals surface area contributed by atoms with Gasteiger partial charge in [-0.05, 0) is 19.3 Å². The maximum absolute atomic E-state index is 11.3. The smallest absolute Gasteiger partial charge is 0.249 e. The van der Waals surface area contributed by atoms with Gasteiger partial charge >= 0.3 is 0 Å². The summed E-state index contributed by atoms with van der Waals surface area (Å²) in [6, 6.07) is 0. The number of ether oxygens (including phenoxy) is 1. The van der Waals surface area contributed by atoms with Crippen LogP contribution in [-0.4, -0.2) is 31.8 Å². The van der Waals surface area contributed by atoms with Gasteiger partial charge in [-0.15, -0.1) is 0 Å². The van der Waals surface area contributed by atoms with E-state index in [4.69, 9.17) is 10.6 Å². The fourth-order valence-corrected chi connectivity index (χ4v) is 1.27. The Morgan fingerprint density at radius 1 is 1.69 bits per heavy atom. The Hall–Kier alpha value is -0.650. The highest BCUT2D eigenvalue weighted by Crippen LogP contribution is 2.11. The fraction of sp³-hybridized carbons (Fsp3) is 0.875. The molecule has 0 spiro atoms. The van der Waals surface area contributed by atoms with Gasteiger partial charge in [0.1, 0.15) is 6.10 Å². The van der Waals surface area contributed by atoms with Gasteiger partial charge < -0.3 is 14.9 Å². The lowest BCUT2D eigenvalue weighted by atomic mass is 10.2. The molecule has 0 aliphatic carbocycles. The van der Waals surface area contributed by atoms with E-state index >= 15 is 0 Å². The third-order valence-electron chi connectivity index (χ3n) is 1.96. The molecule has 1 atom stereocenters. The van der Waals surface area contributed by atoms with Gasteiger partial charge in [-0.1, -0.05) is 0 Å². The molecule has 0 aromatic carbocycles. The second-order valence-corrected chi connectivity index (χ2v) is 3.02. The maximum atomic E-state index is 11.3. The predicted molar refractivity (Wildman–Crippen MR) is 46.7 cm³/mol. The number of nitrogens with two attached hydrogens (primary N) is 1. The van der Waals surface area contributed by atoms with Crippen LogP contribution < -0.4 is 11.2 Å². The van der Waals surface area contributed by atoms with Crippen molar-refractivity contribution in [3.63, 3.8) is 0 Å². The molecule has 0 aromatic heterocycles. The largest absolute Gasteiger partial charge is 0.368 e. The highest BCUT2D eigenvalue weighted by atomic mass is 16.6. The molecule has 13 heavy (non-hydrogen) atoms. The van der Waals surface area contributed by atoms with E-state index in [0.717, 1.165) is 19.3 Å². The van der Waals surface area contributed by atoms with E-state index in [0.29, 0.717) is 19.8 Å². The van der Waals surface area contributed by atoms with Crippen molar-refractivity contribution in [3.8, 4) is 0 Å². The zero-order valence-corrected chi connectivity index (χ0v) is 7.62. The highest BCUT2D eigenvalue weighted by molar-refractivity contribution is 5.80.